The van der Waals surface area contributed by atoms with Gasteiger partial charge in [-0.3, -0.25) is 0 Å². The van der Waals surface area contributed by atoms with E-state index in [1.807, 2.05) is 19.8 Å². The van der Waals surface area contributed by atoms with Crippen molar-refractivity contribution in [3.05, 3.63) is 0 Å². The fourth-order valence-corrected chi connectivity index (χ4v) is 0.371. The van der Waals surface area contributed by atoms with Crippen molar-refractivity contribution in [3.63, 3.8) is 0 Å². The molecule has 0 saturated carbocycles. The minimum atomic E-state index is -1.06. The number of hydrogen-bond acceptors (Lipinski definition) is 0. The minimum absolute atomic E-state index is 0.0139. The quantitative estimate of drug-likeness (QED) is 0.482. The third-order valence-corrected chi connectivity index (χ3v) is 1.30. The molecule has 0 aliphatic carbocycles. The molecule has 0 radical (unpaired) electrons. The van der Waals surface area contributed by atoms with Crippen LogP contribution in [0.1, 0.15) is 20.3 Å². The number of alkyl halides is 1. The van der Waals surface area contributed by atoms with Crippen LogP contribution >= 0.6 is 0 Å². The van der Waals surface area contributed by atoms with E-state index in [1.54, 1.807) is 0 Å². The Kier molecular flexibility index (Phi) is 3.26. The Hall–Kier alpha value is -0.510. The summed E-state index contributed by atoms with van der Waals surface area (Å²) in [5.74, 6) is 2.06. The lowest BCUT2D eigenvalue weighted by Crippen LogP contribution is -2.07. The van der Waals surface area contributed by atoms with Gasteiger partial charge < -0.3 is 0 Å². The van der Waals surface area contributed by atoms with Gasteiger partial charge in [-0.05, 0) is 12.3 Å². The molecule has 0 amide bonds. The van der Waals surface area contributed by atoms with Crippen LogP contribution in [0.5, 0.6) is 0 Å². The van der Waals surface area contributed by atoms with E-state index in [4.69, 9.17) is 6.42 Å². The molecule has 2 unspecified atom stereocenters. The predicted molar refractivity (Wildman–Crippen MR) is 33.2 cm³/mol. The molecule has 1 heteroatoms. The normalized spacial score (nSPS) is 16.8. The minimum Gasteiger partial charge on any atom is -0.233 e. The van der Waals surface area contributed by atoms with Gasteiger partial charge in [0.15, 0.2) is 6.17 Å². The van der Waals surface area contributed by atoms with Crippen molar-refractivity contribution in [2.45, 2.75) is 26.4 Å². The average Bonchev–Trinajstić information content (AvgIpc) is 1.84. The van der Waals surface area contributed by atoms with Crippen LogP contribution in [0.4, 0.5) is 4.39 Å². The van der Waals surface area contributed by atoms with Gasteiger partial charge >= 0.3 is 0 Å². The molecular formula is C7H11F. The van der Waals surface area contributed by atoms with Crippen molar-refractivity contribution in [1.29, 1.82) is 0 Å². The Bertz CT molecular complexity index is 91.1. The predicted octanol–water partition coefficient (Wildman–Crippen LogP) is 2.00. The van der Waals surface area contributed by atoms with E-state index >= 15 is 0 Å². The first-order valence-electron chi connectivity index (χ1n) is 2.82. The van der Waals surface area contributed by atoms with Crippen LogP contribution in [0, 0.1) is 18.3 Å². The van der Waals surface area contributed by atoms with Crippen LogP contribution in [-0.4, -0.2) is 6.17 Å². The van der Waals surface area contributed by atoms with E-state index in [2.05, 4.69) is 0 Å². The largest absolute Gasteiger partial charge is 0.233 e. The first kappa shape index (κ1) is 7.49. The second-order valence-corrected chi connectivity index (χ2v) is 1.95. The molecule has 0 saturated heterocycles. The number of terminal acetylenes is 1. The van der Waals surface area contributed by atoms with Gasteiger partial charge in [-0.25, -0.2) is 4.39 Å². The van der Waals surface area contributed by atoms with Crippen molar-refractivity contribution < 1.29 is 4.39 Å². The zero-order valence-corrected chi connectivity index (χ0v) is 5.32. The van der Waals surface area contributed by atoms with Gasteiger partial charge in [0.05, 0.1) is 0 Å². The molecule has 0 aromatic carbocycles. The highest BCUT2D eigenvalue weighted by Crippen LogP contribution is 2.08. The summed E-state index contributed by atoms with van der Waals surface area (Å²) in [6.07, 6.45) is 4.58. The Morgan fingerprint density at radius 1 is 1.75 bits per heavy atom. The Balaban J connectivity index is 3.49. The zero-order valence-electron chi connectivity index (χ0n) is 5.32. The summed E-state index contributed by atoms with van der Waals surface area (Å²) in [5.41, 5.74) is 0. The SMILES string of the molecule is C#CC(F)C(C)CC. The average molecular weight is 114 g/mol. The highest BCUT2D eigenvalue weighted by atomic mass is 19.1. The molecular weight excluding hydrogens is 103 g/mol. The van der Waals surface area contributed by atoms with Gasteiger partial charge in [0.25, 0.3) is 0 Å². The van der Waals surface area contributed by atoms with Gasteiger partial charge in [-0.2, -0.15) is 0 Å². The zero-order chi connectivity index (χ0) is 6.57. The lowest BCUT2D eigenvalue weighted by molar-refractivity contribution is 0.302. The highest BCUT2D eigenvalue weighted by molar-refractivity contribution is 4.95. The van der Waals surface area contributed by atoms with Gasteiger partial charge in [0.1, 0.15) is 0 Å². The van der Waals surface area contributed by atoms with E-state index in [9.17, 15) is 4.39 Å². The molecule has 0 aliphatic rings. The summed E-state index contributed by atoms with van der Waals surface area (Å²) in [4.78, 5) is 0. The van der Waals surface area contributed by atoms with Crippen LogP contribution in [0.3, 0.4) is 0 Å². The molecule has 46 valence electrons. The van der Waals surface area contributed by atoms with E-state index < -0.39 is 6.17 Å². The lowest BCUT2D eigenvalue weighted by Gasteiger charge is -2.06. The maximum atomic E-state index is 12.3. The summed E-state index contributed by atoms with van der Waals surface area (Å²) in [6.45, 7) is 3.74. The molecule has 8 heavy (non-hydrogen) atoms. The van der Waals surface area contributed by atoms with Crippen LogP contribution in [0.15, 0.2) is 0 Å². The standard InChI is InChI=1S/C7H11F/c1-4-6(3)7(8)5-2/h2,6-7H,4H2,1,3H3. The Labute approximate surface area is 50.1 Å². The van der Waals surface area contributed by atoms with Gasteiger partial charge in [-0.1, -0.05) is 19.8 Å². The second kappa shape index (κ2) is 3.49. The van der Waals surface area contributed by atoms with Crippen molar-refractivity contribution in [2.24, 2.45) is 5.92 Å². The maximum absolute atomic E-state index is 12.3. The summed E-state index contributed by atoms with van der Waals surface area (Å²) in [6, 6.07) is 0. The Morgan fingerprint density at radius 2 is 2.25 bits per heavy atom. The first-order valence-corrected chi connectivity index (χ1v) is 2.82. The summed E-state index contributed by atoms with van der Waals surface area (Å²) < 4.78 is 12.3. The summed E-state index contributed by atoms with van der Waals surface area (Å²) in [7, 11) is 0. The van der Waals surface area contributed by atoms with Crippen molar-refractivity contribution in [2.75, 3.05) is 0 Å². The summed E-state index contributed by atoms with van der Waals surface area (Å²) >= 11 is 0. The van der Waals surface area contributed by atoms with E-state index in [0.29, 0.717) is 0 Å². The fraction of sp³-hybridized carbons (Fsp3) is 0.714. The smallest absolute Gasteiger partial charge is 0.162 e. The van der Waals surface area contributed by atoms with E-state index in [-0.39, 0.29) is 5.92 Å². The second-order valence-electron chi connectivity index (χ2n) is 1.95. The number of halogens is 1. The first-order chi connectivity index (χ1) is 3.72. The molecule has 0 heterocycles. The van der Waals surface area contributed by atoms with Crippen molar-refractivity contribution in [3.8, 4) is 12.3 Å². The van der Waals surface area contributed by atoms with E-state index in [1.165, 1.54) is 0 Å². The van der Waals surface area contributed by atoms with Gasteiger partial charge in [0, 0.05) is 0 Å². The molecule has 0 nitrogen and oxygen atoms in total. The lowest BCUT2D eigenvalue weighted by atomic mass is 10.0. The Morgan fingerprint density at radius 3 is 2.38 bits per heavy atom. The van der Waals surface area contributed by atoms with Gasteiger partial charge in [0.2, 0.25) is 0 Å². The summed E-state index contributed by atoms with van der Waals surface area (Å²) in [5, 5.41) is 0. The molecule has 0 spiro atoms. The van der Waals surface area contributed by atoms with Crippen LogP contribution in [0.25, 0.3) is 0 Å². The van der Waals surface area contributed by atoms with Gasteiger partial charge in [-0.15, -0.1) is 6.42 Å². The molecule has 0 fully saturated rings. The molecule has 0 aromatic rings. The van der Waals surface area contributed by atoms with Crippen LogP contribution < -0.4 is 0 Å². The number of rotatable bonds is 2. The third-order valence-electron chi connectivity index (χ3n) is 1.30. The van der Waals surface area contributed by atoms with Crippen LogP contribution in [0.2, 0.25) is 0 Å². The molecule has 0 aromatic heterocycles. The molecule has 2 atom stereocenters. The monoisotopic (exact) mass is 114 g/mol. The fourth-order valence-electron chi connectivity index (χ4n) is 0.371. The van der Waals surface area contributed by atoms with E-state index in [0.717, 1.165) is 6.42 Å². The molecule has 0 bridgehead atoms. The maximum Gasteiger partial charge on any atom is 0.162 e. The topological polar surface area (TPSA) is 0 Å². The highest BCUT2D eigenvalue weighted by Gasteiger charge is 2.08. The molecule has 0 N–H and O–H groups in total. The molecule has 0 rings (SSSR count). The number of hydrogen-bond donors (Lipinski definition) is 0. The van der Waals surface area contributed by atoms with Crippen LogP contribution in [-0.2, 0) is 0 Å². The molecule has 0 aliphatic heterocycles. The van der Waals surface area contributed by atoms with Crippen molar-refractivity contribution >= 4 is 0 Å². The third kappa shape index (κ3) is 1.97. The van der Waals surface area contributed by atoms with Crippen molar-refractivity contribution in [1.82, 2.24) is 0 Å².